The fourth-order valence-corrected chi connectivity index (χ4v) is 5.11. The SMILES string of the molecule is C#CCOP(=O)(O)OCCCCCO[C@]1(C(=O)O)C[C@H](O)[C@@H](NC(=O)CO)[C@H]([C@H](O)[C@H](O)CNC(=O)Cc2ccc(Cl)cc2)O1. The number of carbonyl (C=O) groups is 3. The summed E-state index contributed by atoms with van der Waals surface area (Å²) < 4.78 is 32.0. The lowest BCUT2D eigenvalue weighted by molar-refractivity contribution is -0.310. The highest BCUT2D eigenvalue weighted by Gasteiger charge is 2.55. The minimum atomic E-state index is -4.31. The van der Waals surface area contributed by atoms with Crippen LogP contribution in [-0.4, -0.2) is 117 Å². The third-order valence-electron chi connectivity index (χ3n) is 6.58. The van der Waals surface area contributed by atoms with Gasteiger partial charge in [-0.25, -0.2) is 9.36 Å². The molecule has 18 heteroatoms. The highest BCUT2D eigenvalue weighted by molar-refractivity contribution is 7.47. The molecule has 0 spiro atoms. The monoisotopic (exact) mass is 680 g/mol. The van der Waals surface area contributed by atoms with Crippen LogP contribution in [0.5, 0.6) is 0 Å². The van der Waals surface area contributed by atoms with E-state index in [1.54, 1.807) is 24.3 Å². The van der Waals surface area contributed by atoms with Crippen molar-refractivity contribution in [2.75, 3.05) is 33.0 Å². The summed E-state index contributed by atoms with van der Waals surface area (Å²) in [7, 11) is -4.31. The zero-order valence-corrected chi connectivity index (χ0v) is 25.8. The number of phosphoric acid groups is 1. The number of amides is 2. The van der Waals surface area contributed by atoms with Crippen molar-refractivity contribution >= 4 is 37.2 Å². The molecule has 8 N–H and O–H groups in total. The molecule has 1 aliphatic heterocycles. The average Bonchev–Trinajstić information content (AvgIpc) is 3.00. The Morgan fingerprint density at radius 3 is 2.42 bits per heavy atom. The summed E-state index contributed by atoms with van der Waals surface area (Å²) in [6.45, 7) is -2.35. The van der Waals surface area contributed by atoms with E-state index in [4.69, 9.17) is 32.0 Å². The molecular formula is C27H38ClN2O14P. The van der Waals surface area contributed by atoms with Crippen LogP contribution in [0.2, 0.25) is 5.02 Å². The zero-order valence-electron chi connectivity index (χ0n) is 24.1. The normalized spacial score (nSPS) is 24.1. The molecule has 0 aliphatic carbocycles. The van der Waals surface area contributed by atoms with Crippen molar-refractivity contribution in [1.29, 1.82) is 0 Å². The first-order valence-corrected chi connectivity index (χ1v) is 15.7. The van der Waals surface area contributed by atoms with Crippen molar-refractivity contribution in [1.82, 2.24) is 10.6 Å². The zero-order chi connectivity index (χ0) is 33.6. The van der Waals surface area contributed by atoms with Gasteiger partial charge in [0.15, 0.2) is 0 Å². The molecule has 1 aliphatic rings. The first-order valence-electron chi connectivity index (χ1n) is 13.8. The van der Waals surface area contributed by atoms with Crippen molar-refractivity contribution in [2.45, 2.75) is 68.3 Å². The number of hydrogen-bond acceptors (Lipinski definition) is 12. The minimum Gasteiger partial charge on any atom is -0.477 e. The lowest BCUT2D eigenvalue weighted by atomic mass is 9.88. The van der Waals surface area contributed by atoms with Gasteiger partial charge < -0.3 is 50.5 Å². The maximum Gasteiger partial charge on any atom is 0.473 e. The first-order chi connectivity index (χ1) is 21.2. The Morgan fingerprint density at radius 1 is 1.13 bits per heavy atom. The van der Waals surface area contributed by atoms with Crippen LogP contribution in [0.1, 0.15) is 31.2 Å². The van der Waals surface area contributed by atoms with E-state index in [2.05, 4.69) is 15.2 Å². The molecule has 7 atom stereocenters. The van der Waals surface area contributed by atoms with Gasteiger partial charge in [0.25, 0.3) is 5.79 Å². The Labute approximate surface area is 264 Å². The van der Waals surface area contributed by atoms with Crippen LogP contribution in [0.4, 0.5) is 0 Å². The number of carbonyl (C=O) groups excluding carboxylic acids is 2. The van der Waals surface area contributed by atoms with Crippen molar-refractivity contribution in [3.8, 4) is 12.3 Å². The molecule has 1 aromatic carbocycles. The molecule has 0 bridgehead atoms. The van der Waals surface area contributed by atoms with Gasteiger partial charge in [0.05, 0.1) is 37.9 Å². The molecule has 16 nitrogen and oxygen atoms in total. The van der Waals surface area contributed by atoms with Crippen LogP contribution in [0.15, 0.2) is 24.3 Å². The number of carboxylic acids is 1. The lowest BCUT2D eigenvalue weighted by Crippen LogP contribution is -2.68. The summed E-state index contributed by atoms with van der Waals surface area (Å²) in [6.07, 6.45) is -2.23. The van der Waals surface area contributed by atoms with Gasteiger partial charge in [-0.2, -0.15) is 0 Å². The number of aliphatic carboxylic acids is 1. The van der Waals surface area contributed by atoms with Crippen LogP contribution in [-0.2, 0) is 43.9 Å². The Morgan fingerprint density at radius 2 is 1.80 bits per heavy atom. The predicted octanol–water partition coefficient (Wildman–Crippen LogP) is -0.918. The van der Waals surface area contributed by atoms with Crippen molar-refractivity contribution in [3.63, 3.8) is 0 Å². The number of benzene rings is 1. The quantitative estimate of drug-likeness (QED) is 0.0500. The van der Waals surface area contributed by atoms with Crippen LogP contribution >= 0.6 is 19.4 Å². The largest absolute Gasteiger partial charge is 0.477 e. The molecule has 1 heterocycles. The smallest absolute Gasteiger partial charge is 0.473 e. The fourth-order valence-electron chi connectivity index (χ4n) is 4.31. The Hall–Kier alpha value is -2.65. The topological polar surface area (TPSA) is 251 Å². The minimum absolute atomic E-state index is 0.0746. The van der Waals surface area contributed by atoms with Gasteiger partial charge in [0.2, 0.25) is 11.8 Å². The molecule has 2 amide bonds. The lowest BCUT2D eigenvalue weighted by Gasteiger charge is -2.46. The number of aliphatic hydroxyl groups is 4. The number of phosphoric ester groups is 1. The Balaban J connectivity index is 2.04. The second-order valence-corrected chi connectivity index (χ2v) is 11.9. The third-order valence-corrected chi connectivity index (χ3v) is 7.79. The maximum atomic E-state index is 12.4. The van der Waals surface area contributed by atoms with Gasteiger partial charge >= 0.3 is 13.8 Å². The second kappa shape index (κ2) is 18.5. The molecule has 0 radical (unpaired) electrons. The molecule has 1 fully saturated rings. The van der Waals surface area contributed by atoms with Gasteiger partial charge in [-0.3, -0.25) is 18.6 Å². The highest BCUT2D eigenvalue weighted by atomic mass is 35.5. The number of hydrogen-bond donors (Lipinski definition) is 8. The number of terminal acetylenes is 1. The van der Waals surface area contributed by atoms with Gasteiger partial charge in [-0.1, -0.05) is 29.7 Å². The van der Waals surface area contributed by atoms with E-state index in [1.807, 2.05) is 5.92 Å². The standard InChI is InChI=1S/C27H38ClN2O14P/c1-2-10-42-45(39,40)43-12-5-3-4-11-41-27(26(37)38)14-19(32)23(30-22(35)16-31)25(44-27)24(36)20(33)15-29-21(34)13-17-6-8-18(28)9-7-17/h1,6-9,19-20,23-25,31-33,36H,3-5,10-16H2,(H,29,34)(H,30,35)(H,37,38)(H,39,40)/t19-,20+,23+,24+,25+,27+/m0/s1. The summed E-state index contributed by atoms with van der Waals surface area (Å²) in [5.41, 5.74) is 0.621. The van der Waals surface area contributed by atoms with Crippen molar-refractivity contribution < 1.29 is 67.9 Å². The molecule has 0 aromatic heterocycles. The number of ether oxygens (including phenoxy) is 2. The van der Waals surface area contributed by atoms with Gasteiger partial charge in [0.1, 0.15) is 25.4 Å². The van der Waals surface area contributed by atoms with Crippen LogP contribution < -0.4 is 10.6 Å². The van der Waals surface area contributed by atoms with Gasteiger partial charge in [0, 0.05) is 18.0 Å². The van der Waals surface area contributed by atoms with E-state index in [1.165, 1.54) is 0 Å². The molecule has 2 rings (SSSR count). The van der Waals surface area contributed by atoms with E-state index >= 15 is 0 Å². The molecule has 1 aromatic rings. The highest BCUT2D eigenvalue weighted by Crippen LogP contribution is 2.43. The van der Waals surface area contributed by atoms with Crippen LogP contribution in [0.3, 0.4) is 0 Å². The van der Waals surface area contributed by atoms with E-state index < -0.39 is 88.0 Å². The summed E-state index contributed by atoms with van der Waals surface area (Å²) in [5.74, 6) is -3.67. The molecule has 252 valence electrons. The summed E-state index contributed by atoms with van der Waals surface area (Å²) >= 11 is 5.84. The van der Waals surface area contributed by atoms with Gasteiger partial charge in [-0.15, -0.1) is 6.42 Å². The fraction of sp³-hybridized carbons (Fsp3) is 0.593. The number of aliphatic hydroxyl groups excluding tert-OH is 4. The number of carboxylic acid groups (broad SMARTS) is 1. The molecule has 45 heavy (non-hydrogen) atoms. The summed E-state index contributed by atoms with van der Waals surface area (Å²) in [5, 5.41) is 56.8. The van der Waals surface area contributed by atoms with Gasteiger partial charge in [-0.05, 0) is 37.0 Å². The molecule has 1 unspecified atom stereocenters. The average molecular weight is 681 g/mol. The van der Waals surface area contributed by atoms with E-state index in [0.717, 1.165) is 0 Å². The Kier molecular flexibility index (Phi) is 15.8. The van der Waals surface area contributed by atoms with Crippen LogP contribution in [0, 0.1) is 12.3 Å². The van der Waals surface area contributed by atoms with Crippen molar-refractivity contribution in [3.05, 3.63) is 34.9 Å². The van der Waals surface area contributed by atoms with Crippen molar-refractivity contribution in [2.24, 2.45) is 0 Å². The molecule has 0 saturated carbocycles. The third kappa shape index (κ3) is 12.6. The van der Waals surface area contributed by atoms with E-state index in [9.17, 15) is 49.4 Å². The first kappa shape index (κ1) is 38.5. The maximum absolute atomic E-state index is 12.4. The van der Waals surface area contributed by atoms with E-state index in [0.29, 0.717) is 17.0 Å². The van der Waals surface area contributed by atoms with E-state index in [-0.39, 0.29) is 32.5 Å². The number of unbranched alkanes of at least 4 members (excludes halogenated alkanes) is 2. The number of nitrogens with one attached hydrogen (secondary N) is 2. The summed E-state index contributed by atoms with van der Waals surface area (Å²) in [6, 6.07) is 4.95. The molecular weight excluding hydrogens is 643 g/mol. The second-order valence-electron chi connectivity index (χ2n) is 10.0. The van der Waals surface area contributed by atoms with Crippen LogP contribution in [0.25, 0.3) is 0 Å². The Bertz CT molecular complexity index is 1210. The number of halogens is 1. The molecule has 1 saturated heterocycles. The number of rotatable bonds is 19. The summed E-state index contributed by atoms with van der Waals surface area (Å²) in [4.78, 5) is 46.1. The predicted molar refractivity (Wildman–Crippen MR) is 155 cm³/mol.